The SMILES string of the molecule is C=NCNC1CCN(C(=O)OCCC)CC1. The van der Waals surface area contributed by atoms with E-state index in [0.717, 1.165) is 32.4 Å². The molecule has 0 bridgehead atoms. The Balaban J connectivity index is 2.20. The molecule has 1 heterocycles. The summed E-state index contributed by atoms with van der Waals surface area (Å²) in [6.45, 7) is 8.04. The Morgan fingerprint density at radius 2 is 2.25 bits per heavy atom. The molecule has 0 atom stereocenters. The Kier molecular flexibility index (Phi) is 5.85. The maximum Gasteiger partial charge on any atom is 0.409 e. The molecule has 0 aromatic heterocycles. The van der Waals surface area contributed by atoms with Crippen molar-refractivity contribution in [1.82, 2.24) is 10.2 Å². The number of rotatable bonds is 5. The van der Waals surface area contributed by atoms with Crippen molar-refractivity contribution in [3.05, 3.63) is 0 Å². The second-order valence-corrected chi connectivity index (χ2v) is 3.96. The molecule has 1 amide bonds. The topological polar surface area (TPSA) is 53.9 Å². The smallest absolute Gasteiger partial charge is 0.409 e. The molecule has 1 rings (SSSR count). The molecule has 92 valence electrons. The predicted octanol–water partition coefficient (Wildman–Crippen LogP) is 1.25. The van der Waals surface area contributed by atoms with Gasteiger partial charge in [-0.05, 0) is 26.0 Å². The van der Waals surface area contributed by atoms with Crippen molar-refractivity contribution in [1.29, 1.82) is 0 Å². The van der Waals surface area contributed by atoms with Gasteiger partial charge >= 0.3 is 6.09 Å². The number of piperidine rings is 1. The second-order valence-electron chi connectivity index (χ2n) is 3.96. The first-order valence-corrected chi connectivity index (χ1v) is 5.85. The normalized spacial score (nSPS) is 17.2. The molecule has 1 aliphatic heterocycles. The van der Waals surface area contributed by atoms with Gasteiger partial charge in [0.1, 0.15) is 0 Å². The highest BCUT2D eigenvalue weighted by Crippen LogP contribution is 2.11. The standard InChI is InChI=1S/C11H21N3O2/c1-3-8-16-11(15)14-6-4-10(5-7-14)13-9-12-2/h10,13H,2-9H2,1H3. The molecular weight excluding hydrogens is 206 g/mol. The van der Waals surface area contributed by atoms with Crippen LogP contribution in [-0.4, -0.2) is 50.1 Å². The number of nitrogens with zero attached hydrogens (tertiary/aromatic N) is 2. The lowest BCUT2D eigenvalue weighted by Gasteiger charge is -2.31. The van der Waals surface area contributed by atoms with Crippen LogP contribution in [0, 0.1) is 0 Å². The fourth-order valence-electron chi connectivity index (χ4n) is 1.74. The van der Waals surface area contributed by atoms with Gasteiger partial charge in [-0.2, -0.15) is 0 Å². The first-order valence-electron chi connectivity index (χ1n) is 5.85. The molecule has 5 heteroatoms. The summed E-state index contributed by atoms with van der Waals surface area (Å²) in [6.07, 6.45) is 2.60. The number of carbonyl (C=O) groups is 1. The Morgan fingerprint density at radius 1 is 1.56 bits per heavy atom. The minimum absolute atomic E-state index is 0.179. The average molecular weight is 227 g/mol. The fraction of sp³-hybridized carbons (Fsp3) is 0.818. The largest absolute Gasteiger partial charge is 0.449 e. The molecule has 1 saturated heterocycles. The van der Waals surface area contributed by atoms with Crippen LogP contribution in [0.2, 0.25) is 0 Å². The first-order chi connectivity index (χ1) is 7.77. The van der Waals surface area contributed by atoms with Gasteiger partial charge < -0.3 is 9.64 Å². The van der Waals surface area contributed by atoms with Crippen molar-refractivity contribution < 1.29 is 9.53 Å². The number of ether oxygens (including phenoxy) is 1. The molecule has 0 aromatic rings. The minimum atomic E-state index is -0.179. The summed E-state index contributed by atoms with van der Waals surface area (Å²) >= 11 is 0. The molecule has 1 aliphatic rings. The van der Waals surface area contributed by atoms with E-state index in [1.807, 2.05) is 6.92 Å². The number of carbonyl (C=O) groups excluding carboxylic acids is 1. The van der Waals surface area contributed by atoms with Gasteiger partial charge in [-0.1, -0.05) is 6.92 Å². The van der Waals surface area contributed by atoms with Crippen molar-refractivity contribution in [2.24, 2.45) is 4.99 Å². The molecular formula is C11H21N3O2. The number of hydrogen-bond acceptors (Lipinski definition) is 4. The number of hydrogen-bond donors (Lipinski definition) is 1. The summed E-state index contributed by atoms with van der Waals surface area (Å²) < 4.78 is 5.09. The Hall–Kier alpha value is -1.10. The third-order valence-corrected chi connectivity index (χ3v) is 2.67. The van der Waals surface area contributed by atoms with Gasteiger partial charge in [-0.25, -0.2) is 4.79 Å². The lowest BCUT2D eigenvalue weighted by molar-refractivity contribution is 0.0910. The van der Waals surface area contributed by atoms with Crippen LogP contribution in [-0.2, 0) is 4.74 Å². The summed E-state index contributed by atoms with van der Waals surface area (Å²) in [6, 6.07) is 0.445. The summed E-state index contributed by atoms with van der Waals surface area (Å²) in [5, 5.41) is 3.27. The van der Waals surface area contributed by atoms with Gasteiger partial charge in [0.25, 0.3) is 0 Å². The quantitative estimate of drug-likeness (QED) is 0.719. The molecule has 1 fully saturated rings. The van der Waals surface area contributed by atoms with Crippen molar-refractivity contribution >= 4 is 12.8 Å². The number of amides is 1. The van der Waals surface area contributed by atoms with E-state index in [1.54, 1.807) is 4.90 Å². The van der Waals surface area contributed by atoms with E-state index in [4.69, 9.17) is 4.74 Å². The van der Waals surface area contributed by atoms with Gasteiger partial charge in [-0.3, -0.25) is 10.3 Å². The van der Waals surface area contributed by atoms with Crippen LogP contribution in [0.4, 0.5) is 4.79 Å². The van der Waals surface area contributed by atoms with E-state index < -0.39 is 0 Å². The zero-order chi connectivity index (χ0) is 11.8. The van der Waals surface area contributed by atoms with Crippen LogP contribution in [0.5, 0.6) is 0 Å². The Labute approximate surface area is 96.9 Å². The van der Waals surface area contributed by atoms with Crippen LogP contribution in [0.1, 0.15) is 26.2 Å². The molecule has 0 spiro atoms. The monoisotopic (exact) mass is 227 g/mol. The first kappa shape index (κ1) is 13.0. The van der Waals surface area contributed by atoms with E-state index in [-0.39, 0.29) is 6.09 Å². The third-order valence-electron chi connectivity index (χ3n) is 2.67. The van der Waals surface area contributed by atoms with Gasteiger partial charge in [0.2, 0.25) is 0 Å². The summed E-state index contributed by atoms with van der Waals surface area (Å²) in [5.41, 5.74) is 0. The Bertz CT molecular complexity index is 225. The van der Waals surface area contributed by atoms with Crippen LogP contribution in [0.25, 0.3) is 0 Å². The van der Waals surface area contributed by atoms with E-state index in [9.17, 15) is 4.79 Å². The molecule has 0 saturated carbocycles. The molecule has 0 radical (unpaired) electrons. The van der Waals surface area contributed by atoms with Crippen LogP contribution in [0.15, 0.2) is 4.99 Å². The van der Waals surface area contributed by atoms with E-state index in [2.05, 4.69) is 17.0 Å². The molecule has 1 N–H and O–H groups in total. The molecule has 0 unspecified atom stereocenters. The second kappa shape index (κ2) is 7.22. The van der Waals surface area contributed by atoms with Gasteiger partial charge in [0.15, 0.2) is 0 Å². The van der Waals surface area contributed by atoms with Gasteiger partial charge in [-0.15, -0.1) is 0 Å². The van der Waals surface area contributed by atoms with Gasteiger partial charge in [0, 0.05) is 19.1 Å². The van der Waals surface area contributed by atoms with Crippen LogP contribution in [0.3, 0.4) is 0 Å². The van der Waals surface area contributed by atoms with Crippen LogP contribution < -0.4 is 5.32 Å². The lowest BCUT2D eigenvalue weighted by atomic mass is 10.1. The maximum atomic E-state index is 11.5. The van der Waals surface area contributed by atoms with Crippen LogP contribution >= 0.6 is 0 Å². The predicted molar refractivity (Wildman–Crippen MR) is 63.8 cm³/mol. The zero-order valence-corrected chi connectivity index (χ0v) is 9.95. The maximum absolute atomic E-state index is 11.5. The fourth-order valence-corrected chi connectivity index (χ4v) is 1.74. The molecule has 0 aliphatic carbocycles. The summed E-state index contributed by atoms with van der Waals surface area (Å²) in [7, 11) is 0. The van der Waals surface area contributed by atoms with Crippen molar-refractivity contribution in [3.63, 3.8) is 0 Å². The third kappa shape index (κ3) is 4.18. The number of likely N-dealkylation sites (tertiary alicyclic amines) is 1. The lowest BCUT2D eigenvalue weighted by Crippen LogP contribution is -2.45. The Morgan fingerprint density at radius 3 is 2.81 bits per heavy atom. The van der Waals surface area contributed by atoms with E-state index in [1.165, 1.54) is 0 Å². The van der Waals surface area contributed by atoms with Crippen molar-refractivity contribution in [2.45, 2.75) is 32.2 Å². The number of nitrogens with one attached hydrogen (secondary N) is 1. The minimum Gasteiger partial charge on any atom is -0.449 e. The highest BCUT2D eigenvalue weighted by molar-refractivity contribution is 5.67. The highest BCUT2D eigenvalue weighted by atomic mass is 16.6. The molecule has 0 aromatic carbocycles. The number of aliphatic imine (C=N–C) groups is 1. The van der Waals surface area contributed by atoms with E-state index >= 15 is 0 Å². The van der Waals surface area contributed by atoms with E-state index in [0.29, 0.717) is 19.3 Å². The van der Waals surface area contributed by atoms with Crippen molar-refractivity contribution in [3.8, 4) is 0 Å². The molecule has 16 heavy (non-hydrogen) atoms. The van der Waals surface area contributed by atoms with Crippen molar-refractivity contribution in [2.75, 3.05) is 26.4 Å². The zero-order valence-electron chi connectivity index (χ0n) is 9.95. The molecule has 5 nitrogen and oxygen atoms in total. The van der Waals surface area contributed by atoms with Gasteiger partial charge in [0.05, 0.1) is 13.3 Å². The summed E-state index contributed by atoms with van der Waals surface area (Å²) in [4.78, 5) is 17.1. The highest BCUT2D eigenvalue weighted by Gasteiger charge is 2.22. The summed E-state index contributed by atoms with van der Waals surface area (Å²) in [5.74, 6) is 0. The average Bonchev–Trinajstić information content (AvgIpc) is 2.34.